The van der Waals surface area contributed by atoms with Crippen molar-refractivity contribution < 1.29 is 31.9 Å². The number of hydrogen-bond donors (Lipinski definition) is 1. The Bertz CT molecular complexity index is 475. The quantitative estimate of drug-likeness (QED) is 0.297. The number of aliphatic hydroxyl groups excluding tert-OH is 1. The lowest BCUT2D eigenvalue weighted by Gasteiger charge is -2.07. The molecular formula is C11H10F5NO2. The predicted molar refractivity (Wildman–Crippen MR) is 55.8 cm³/mol. The molecule has 3 nitrogen and oxygen atoms in total. The molecule has 1 aromatic rings. The SMILES string of the molecule is C/C(CCO)=N/OCc1c(F)c(F)c(F)c(F)c1F. The Kier molecular flexibility index (Phi) is 5.22. The molecule has 0 aromatic heterocycles. The van der Waals surface area contributed by atoms with Gasteiger partial charge in [0.2, 0.25) is 5.82 Å². The van der Waals surface area contributed by atoms with Gasteiger partial charge < -0.3 is 9.94 Å². The van der Waals surface area contributed by atoms with Crippen LogP contribution in [0.2, 0.25) is 0 Å². The van der Waals surface area contributed by atoms with Crippen molar-refractivity contribution >= 4 is 5.71 Å². The van der Waals surface area contributed by atoms with Gasteiger partial charge in [-0.05, 0) is 6.92 Å². The third-order valence-corrected chi connectivity index (χ3v) is 2.20. The van der Waals surface area contributed by atoms with Crippen LogP contribution in [0.5, 0.6) is 0 Å². The van der Waals surface area contributed by atoms with Gasteiger partial charge in [-0.15, -0.1) is 0 Å². The molecule has 1 rings (SSSR count). The summed E-state index contributed by atoms with van der Waals surface area (Å²) in [7, 11) is 0. The van der Waals surface area contributed by atoms with Gasteiger partial charge in [0.05, 0.1) is 11.3 Å². The number of hydrogen-bond acceptors (Lipinski definition) is 3. The van der Waals surface area contributed by atoms with Crippen LogP contribution in [0.1, 0.15) is 18.9 Å². The van der Waals surface area contributed by atoms with Crippen LogP contribution in [-0.2, 0) is 11.4 Å². The van der Waals surface area contributed by atoms with E-state index in [2.05, 4.69) is 9.99 Å². The van der Waals surface area contributed by atoms with Crippen molar-refractivity contribution in [1.82, 2.24) is 0 Å². The van der Waals surface area contributed by atoms with Crippen LogP contribution in [0.25, 0.3) is 0 Å². The molecule has 0 spiro atoms. The number of halogens is 5. The van der Waals surface area contributed by atoms with Gasteiger partial charge in [0.15, 0.2) is 23.3 Å². The van der Waals surface area contributed by atoms with E-state index in [9.17, 15) is 22.0 Å². The fourth-order valence-corrected chi connectivity index (χ4v) is 1.19. The van der Waals surface area contributed by atoms with E-state index in [1.54, 1.807) is 0 Å². The summed E-state index contributed by atoms with van der Waals surface area (Å²) in [6.07, 6.45) is 0.164. The summed E-state index contributed by atoms with van der Waals surface area (Å²) in [6.45, 7) is 0.352. The van der Waals surface area contributed by atoms with Crippen molar-refractivity contribution in [2.45, 2.75) is 20.0 Å². The minimum Gasteiger partial charge on any atom is -0.396 e. The highest BCUT2D eigenvalue weighted by molar-refractivity contribution is 5.81. The Morgan fingerprint density at radius 1 is 1.00 bits per heavy atom. The van der Waals surface area contributed by atoms with Gasteiger partial charge >= 0.3 is 0 Å². The van der Waals surface area contributed by atoms with Gasteiger partial charge in [-0.1, -0.05) is 5.16 Å². The molecule has 19 heavy (non-hydrogen) atoms. The van der Waals surface area contributed by atoms with Gasteiger partial charge in [0.25, 0.3) is 0 Å². The maximum absolute atomic E-state index is 13.2. The van der Waals surface area contributed by atoms with Crippen LogP contribution >= 0.6 is 0 Å². The Morgan fingerprint density at radius 3 is 1.95 bits per heavy atom. The summed E-state index contributed by atoms with van der Waals surface area (Å²) in [5.74, 6) is -10.2. The largest absolute Gasteiger partial charge is 0.396 e. The van der Waals surface area contributed by atoms with E-state index in [1.165, 1.54) is 6.92 Å². The fourth-order valence-electron chi connectivity index (χ4n) is 1.19. The second-order valence-corrected chi connectivity index (χ2v) is 3.62. The molecule has 106 valence electrons. The minimum absolute atomic E-state index is 0.164. The van der Waals surface area contributed by atoms with Crippen molar-refractivity contribution in [2.24, 2.45) is 5.16 Å². The zero-order chi connectivity index (χ0) is 14.6. The highest BCUT2D eigenvalue weighted by Gasteiger charge is 2.25. The van der Waals surface area contributed by atoms with E-state index in [1.807, 2.05) is 0 Å². The highest BCUT2D eigenvalue weighted by atomic mass is 19.2. The van der Waals surface area contributed by atoms with E-state index in [0.717, 1.165) is 0 Å². The molecule has 0 amide bonds. The first-order valence-corrected chi connectivity index (χ1v) is 5.16. The molecule has 0 aliphatic heterocycles. The van der Waals surface area contributed by atoms with Gasteiger partial charge in [-0.25, -0.2) is 22.0 Å². The molecule has 8 heteroatoms. The van der Waals surface area contributed by atoms with Gasteiger partial charge in [-0.2, -0.15) is 0 Å². The normalized spacial score (nSPS) is 11.8. The van der Waals surface area contributed by atoms with Gasteiger partial charge in [0.1, 0.15) is 6.61 Å². The molecule has 0 bridgehead atoms. The average molecular weight is 283 g/mol. The number of benzene rings is 1. The first kappa shape index (κ1) is 15.4. The van der Waals surface area contributed by atoms with E-state index in [-0.39, 0.29) is 13.0 Å². The van der Waals surface area contributed by atoms with Crippen LogP contribution < -0.4 is 0 Å². The third-order valence-electron chi connectivity index (χ3n) is 2.20. The van der Waals surface area contributed by atoms with Crippen LogP contribution in [0.15, 0.2) is 5.16 Å². The van der Waals surface area contributed by atoms with E-state index in [4.69, 9.17) is 5.11 Å². The smallest absolute Gasteiger partial charge is 0.200 e. The molecular weight excluding hydrogens is 273 g/mol. The first-order chi connectivity index (χ1) is 8.90. The molecule has 0 heterocycles. The molecule has 0 saturated carbocycles. The number of rotatable bonds is 5. The molecule has 0 aliphatic carbocycles. The van der Waals surface area contributed by atoms with E-state index >= 15 is 0 Å². The fraction of sp³-hybridized carbons (Fsp3) is 0.364. The molecule has 0 saturated heterocycles. The van der Waals surface area contributed by atoms with Crippen LogP contribution in [0.4, 0.5) is 22.0 Å². The zero-order valence-electron chi connectivity index (χ0n) is 9.81. The minimum atomic E-state index is -2.22. The molecule has 0 aliphatic rings. The molecule has 1 aromatic carbocycles. The second-order valence-electron chi connectivity index (χ2n) is 3.62. The number of nitrogens with zero attached hydrogens (tertiary/aromatic N) is 1. The van der Waals surface area contributed by atoms with Crippen molar-refractivity contribution in [3.8, 4) is 0 Å². The summed E-state index contributed by atoms with van der Waals surface area (Å²) >= 11 is 0. The van der Waals surface area contributed by atoms with Crippen LogP contribution in [-0.4, -0.2) is 17.4 Å². The average Bonchev–Trinajstić information content (AvgIpc) is 2.38. The maximum atomic E-state index is 13.2. The van der Waals surface area contributed by atoms with Gasteiger partial charge in [0, 0.05) is 13.0 Å². The summed E-state index contributed by atoms with van der Waals surface area (Å²) in [5, 5.41) is 11.9. The molecule has 0 radical (unpaired) electrons. The van der Waals surface area contributed by atoms with Crippen molar-refractivity contribution in [2.75, 3.05) is 6.61 Å². The van der Waals surface area contributed by atoms with Crippen molar-refractivity contribution in [3.05, 3.63) is 34.6 Å². The lowest BCUT2D eigenvalue weighted by molar-refractivity contribution is 0.121. The van der Waals surface area contributed by atoms with Crippen LogP contribution in [0, 0.1) is 29.1 Å². The van der Waals surface area contributed by atoms with Crippen LogP contribution in [0.3, 0.4) is 0 Å². The highest BCUT2D eigenvalue weighted by Crippen LogP contribution is 2.23. The summed E-state index contributed by atoms with van der Waals surface area (Å²) in [5.41, 5.74) is -0.789. The molecule has 1 N–H and O–H groups in total. The molecule has 0 unspecified atom stereocenters. The van der Waals surface area contributed by atoms with E-state index < -0.39 is 41.3 Å². The maximum Gasteiger partial charge on any atom is 0.200 e. The lowest BCUT2D eigenvalue weighted by Crippen LogP contribution is -2.08. The number of aliphatic hydroxyl groups is 1. The van der Waals surface area contributed by atoms with Crippen molar-refractivity contribution in [3.63, 3.8) is 0 Å². The second kappa shape index (κ2) is 6.46. The Balaban J connectivity index is 2.94. The predicted octanol–water partition coefficient (Wildman–Crippen LogP) is 2.66. The van der Waals surface area contributed by atoms with Gasteiger partial charge in [-0.3, -0.25) is 0 Å². The molecule has 0 atom stereocenters. The summed E-state index contributed by atoms with van der Waals surface area (Å²) in [4.78, 5) is 4.49. The monoisotopic (exact) mass is 283 g/mol. The molecule has 0 fully saturated rings. The third kappa shape index (κ3) is 3.40. The lowest BCUT2D eigenvalue weighted by atomic mass is 10.2. The summed E-state index contributed by atoms with van der Waals surface area (Å²) in [6, 6.07) is 0. The summed E-state index contributed by atoms with van der Waals surface area (Å²) < 4.78 is 64.7. The standard InChI is InChI=1S/C11H10F5NO2/c1-5(2-3-18)17-19-4-6-7(12)9(14)11(16)10(15)8(6)13/h18H,2-4H2,1H3/b17-5-. The Morgan fingerprint density at radius 2 is 1.47 bits per heavy atom. The Labute approximate surface area is 105 Å². The zero-order valence-corrected chi connectivity index (χ0v) is 9.81. The van der Waals surface area contributed by atoms with Crippen molar-refractivity contribution in [1.29, 1.82) is 0 Å². The topological polar surface area (TPSA) is 41.8 Å². The first-order valence-electron chi connectivity index (χ1n) is 5.16. The number of oxime groups is 1. The van der Waals surface area contributed by atoms with E-state index in [0.29, 0.717) is 5.71 Å². The Hall–Kier alpha value is -1.70.